The standard InChI is InChI=1S/C21H29N7O2/c1-3-18-26-25-15-27(18)14-12-24-21(22-4-2)23-11-7-8-13-28-19(29)16-9-5-6-10-17(16)20(28)30/h5-6,9-10,15H,3-4,7-8,11-14H2,1-2H3,(H2,22,23,24). The molecule has 0 saturated carbocycles. The number of unbranched alkanes of at least 4 members (excludes halogenated alkanes) is 1. The van der Waals surface area contributed by atoms with Gasteiger partial charge >= 0.3 is 0 Å². The zero-order valence-electron chi connectivity index (χ0n) is 17.6. The molecule has 1 aromatic carbocycles. The van der Waals surface area contributed by atoms with Gasteiger partial charge in [0.1, 0.15) is 12.2 Å². The van der Waals surface area contributed by atoms with Gasteiger partial charge in [0, 0.05) is 39.1 Å². The Kier molecular flexibility index (Phi) is 7.53. The van der Waals surface area contributed by atoms with Gasteiger partial charge in [-0.2, -0.15) is 0 Å². The lowest BCUT2D eigenvalue weighted by Gasteiger charge is -2.14. The number of aliphatic imine (C=N–C) groups is 1. The second kappa shape index (κ2) is 10.5. The van der Waals surface area contributed by atoms with Crippen molar-refractivity contribution < 1.29 is 9.59 Å². The minimum Gasteiger partial charge on any atom is -0.357 e. The van der Waals surface area contributed by atoms with E-state index in [9.17, 15) is 9.59 Å². The summed E-state index contributed by atoms with van der Waals surface area (Å²) in [6.07, 6.45) is 4.09. The molecule has 0 spiro atoms. The highest BCUT2D eigenvalue weighted by atomic mass is 16.2. The van der Waals surface area contributed by atoms with Crippen molar-refractivity contribution in [2.24, 2.45) is 4.99 Å². The van der Waals surface area contributed by atoms with E-state index in [1.807, 2.05) is 11.5 Å². The van der Waals surface area contributed by atoms with E-state index in [2.05, 4.69) is 32.7 Å². The van der Waals surface area contributed by atoms with Gasteiger partial charge in [-0.3, -0.25) is 19.5 Å². The van der Waals surface area contributed by atoms with Crippen LogP contribution in [0.2, 0.25) is 0 Å². The number of nitrogens with one attached hydrogen (secondary N) is 2. The van der Waals surface area contributed by atoms with Crippen LogP contribution >= 0.6 is 0 Å². The first-order chi connectivity index (χ1) is 14.7. The zero-order valence-corrected chi connectivity index (χ0v) is 17.6. The van der Waals surface area contributed by atoms with Crippen molar-refractivity contribution in [2.75, 3.05) is 26.2 Å². The van der Waals surface area contributed by atoms with Crippen molar-refractivity contribution in [1.29, 1.82) is 0 Å². The molecule has 1 aromatic heterocycles. The van der Waals surface area contributed by atoms with E-state index in [1.165, 1.54) is 4.90 Å². The molecule has 30 heavy (non-hydrogen) atoms. The smallest absolute Gasteiger partial charge is 0.261 e. The molecule has 0 aliphatic carbocycles. The quantitative estimate of drug-likeness (QED) is 0.266. The Labute approximate surface area is 176 Å². The molecule has 2 N–H and O–H groups in total. The van der Waals surface area contributed by atoms with Crippen molar-refractivity contribution in [2.45, 2.75) is 39.7 Å². The first-order valence-corrected chi connectivity index (χ1v) is 10.5. The van der Waals surface area contributed by atoms with Crippen molar-refractivity contribution in [3.05, 3.63) is 47.5 Å². The molecule has 0 unspecified atom stereocenters. The summed E-state index contributed by atoms with van der Waals surface area (Å²) in [4.78, 5) is 30.7. The molecule has 3 rings (SSSR count). The Morgan fingerprint density at radius 2 is 1.77 bits per heavy atom. The van der Waals surface area contributed by atoms with Crippen LogP contribution in [-0.4, -0.2) is 63.6 Å². The van der Waals surface area contributed by atoms with Crippen LogP contribution in [0.25, 0.3) is 0 Å². The molecule has 2 amide bonds. The number of fused-ring (bicyclic) bond motifs is 1. The zero-order chi connectivity index (χ0) is 21.3. The number of guanidine groups is 1. The Morgan fingerprint density at radius 3 is 2.43 bits per heavy atom. The fourth-order valence-electron chi connectivity index (χ4n) is 3.39. The van der Waals surface area contributed by atoms with Gasteiger partial charge in [-0.15, -0.1) is 10.2 Å². The molecule has 2 aromatic rings. The molecule has 0 atom stereocenters. The highest BCUT2D eigenvalue weighted by Crippen LogP contribution is 2.22. The molecule has 9 heteroatoms. The van der Waals surface area contributed by atoms with Gasteiger partial charge < -0.3 is 15.2 Å². The van der Waals surface area contributed by atoms with Crippen molar-refractivity contribution in [1.82, 2.24) is 30.3 Å². The van der Waals surface area contributed by atoms with Gasteiger partial charge in [0.15, 0.2) is 5.96 Å². The number of rotatable bonds is 10. The SMILES string of the molecule is CCNC(=NCCCCN1C(=O)c2ccccc2C1=O)NCCn1cnnc1CC. The van der Waals surface area contributed by atoms with E-state index in [0.29, 0.717) is 30.8 Å². The summed E-state index contributed by atoms with van der Waals surface area (Å²) < 4.78 is 2.03. The Hall–Kier alpha value is -3.23. The van der Waals surface area contributed by atoms with E-state index < -0.39 is 0 Å². The molecule has 160 valence electrons. The van der Waals surface area contributed by atoms with Crippen LogP contribution in [0.5, 0.6) is 0 Å². The number of imide groups is 1. The van der Waals surface area contributed by atoms with Gasteiger partial charge in [0.25, 0.3) is 11.8 Å². The highest BCUT2D eigenvalue weighted by Gasteiger charge is 2.34. The summed E-state index contributed by atoms with van der Waals surface area (Å²) >= 11 is 0. The Morgan fingerprint density at radius 1 is 1.03 bits per heavy atom. The van der Waals surface area contributed by atoms with Crippen LogP contribution in [0.1, 0.15) is 53.2 Å². The lowest BCUT2D eigenvalue weighted by Crippen LogP contribution is -2.39. The molecule has 9 nitrogen and oxygen atoms in total. The minimum absolute atomic E-state index is 0.199. The van der Waals surface area contributed by atoms with E-state index >= 15 is 0 Å². The van der Waals surface area contributed by atoms with E-state index in [0.717, 1.165) is 44.1 Å². The van der Waals surface area contributed by atoms with Crippen LogP contribution in [-0.2, 0) is 13.0 Å². The number of carbonyl (C=O) groups is 2. The molecular formula is C21H29N7O2. The van der Waals surface area contributed by atoms with Crippen LogP contribution < -0.4 is 10.6 Å². The highest BCUT2D eigenvalue weighted by molar-refractivity contribution is 6.21. The summed E-state index contributed by atoms with van der Waals surface area (Å²) in [5, 5.41) is 14.6. The predicted molar refractivity (Wildman–Crippen MR) is 114 cm³/mol. The number of hydrogen-bond acceptors (Lipinski definition) is 5. The van der Waals surface area contributed by atoms with Crippen LogP contribution in [0.15, 0.2) is 35.6 Å². The van der Waals surface area contributed by atoms with E-state index in [1.54, 1.807) is 30.6 Å². The maximum Gasteiger partial charge on any atom is 0.261 e. The normalized spacial score (nSPS) is 13.7. The first kappa shape index (κ1) is 21.5. The molecular weight excluding hydrogens is 382 g/mol. The number of benzene rings is 1. The summed E-state index contributed by atoms with van der Waals surface area (Å²) in [6.45, 7) is 7.36. The predicted octanol–water partition coefficient (Wildman–Crippen LogP) is 1.47. The average Bonchev–Trinajstić information content (AvgIpc) is 3.31. The molecule has 1 aliphatic rings. The van der Waals surface area contributed by atoms with Gasteiger partial charge in [-0.05, 0) is 31.9 Å². The van der Waals surface area contributed by atoms with Gasteiger partial charge in [-0.1, -0.05) is 19.1 Å². The summed E-state index contributed by atoms with van der Waals surface area (Å²) in [7, 11) is 0. The number of aryl methyl sites for hydroxylation is 1. The summed E-state index contributed by atoms with van der Waals surface area (Å²) in [5.74, 6) is 1.32. The molecule has 2 heterocycles. The lowest BCUT2D eigenvalue weighted by atomic mass is 10.1. The second-order valence-electron chi connectivity index (χ2n) is 7.00. The van der Waals surface area contributed by atoms with Crippen LogP contribution in [0, 0.1) is 0 Å². The fourth-order valence-corrected chi connectivity index (χ4v) is 3.39. The third-order valence-corrected chi connectivity index (χ3v) is 4.94. The summed E-state index contributed by atoms with van der Waals surface area (Å²) in [5.41, 5.74) is 0.997. The van der Waals surface area contributed by atoms with E-state index in [4.69, 9.17) is 0 Å². The molecule has 0 bridgehead atoms. The molecule has 1 aliphatic heterocycles. The first-order valence-electron chi connectivity index (χ1n) is 10.5. The lowest BCUT2D eigenvalue weighted by molar-refractivity contribution is 0.0652. The third kappa shape index (κ3) is 5.03. The second-order valence-corrected chi connectivity index (χ2v) is 7.00. The number of aromatic nitrogens is 3. The largest absolute Gasteiger partial charge is 0.357 e. The molecule has 0 radical (unpaired) electrons. The maximum atomic E-state index is 12.4. The molecule has 0 saturated heterocycles. The monoisotopic (exact) mass is 411 g/mol. The van der Waals surface area contributed by atoms with Crippen molar-refractivity contribution in [3.63, 3.8) is 0 Å². The fraction of sp³-hybridized carbons (Fsp3) is 0.476. The van der Waals surface area contributed by atoms with Crippen LogP contribution in [0.4, 0.5) is 0 Å². The number of hydrogen-bond donors (Lipinski definition) is 2. The van der Waals surface area contributed by atoms with Gasteiger partial charge in [0.05, 0.1) is 11.1 Å². The average molecular weight is 412 g/mol. The summed E-state index contributed by atoms with van der Waals surface area (Å²) in [6, 6.07) is 6.98. The number of nitrogens with zero attached hydrogens (tertiary/aromatic N) is 5. The van der Waals surface area contributed by atoms with Crippen LogP contribution in [0.3, 0.4) is 0 Å². The number of amides is 2. The Bertz CT molecular complexity index is 871. The van der Waals surface area contributed by atoms with Gasteiger partial charge in [-0.25, -0.2) is 0 Å². The Balaban J connectivity index is 1.41. The number of carbonyl (C=O) groups excluding carboxylic acids is 2. The minimum atomic E-state index is -0.199. The van der Waals surface area contributed by atoms with Gasteiger partial charge in [0.2, 0.25) is 0 Å². The molecule has 0 fully saturated rings. The van der Waals surface area contributed by atoms with Crippen molar-refractivity contribution in [3.8, 4) is 0 Å². The topological polar surface area (TPSA) is 105 Å². The maximum absolute atomic E-state index is 12.4. The van der Waals surface area contributed by atoms with Crippen molar-refractivity contribution >= 4 is 17.8 Å². The third-order valence-electron chi connectivity index (χ3n) is 4.94. The van der Waals surface area contributed by atoms with E-state index in [-0.39, 0.29) is 11.8 Å².